The summed E-state index contributed by atoms with van der Waals surface area (Å²) in [4.78, 5) is 12.1. The highest BCUT2D eigenvalue weighted by Crippen LogP contribution is 2.33. The van der Waals surface area contributed by atoms with Gasteiger partial charge in [-0.05, 0) is 43.5 Å². The van der Waals surface area contributed by atoms with E-state index < -0.39 is 5.41 Å². The molecule has 1 N–H and O–H groups in total. The van der Waals surface area contributed by atoms with Gasteiger partial charge in [0, 0.05) is 11.0 Å². The van der Waals surface area contributed by atoms with Crippen LogP contribution in [0, 0.1) is 11.2 Å². The Bertz CT molecular complexity index is 473. The Hall–Kier alpha value is -0.940. The fourth-order valence-electron chi connectivity index (χ4n) is 2.61. The second-order valence-electron chi connectivity index (χ2n) is 4.96. The number of benzene rings is 1. The lowest BCUT2D eigenvalue weighted by molar-refractivity contribution is -0.154. The molecule has 1 aromatic carbocycles. The third-order valence-electron chi connectivity index (χ3n) is 3.63. The molecule has 0 saturated carbocycles. The molecule has 0 amide bonds. The number of methoxy groups -OCH3 is 1. The number of hydrogen-bond acceptors (Lipinski definition) is 3. The first kappa shape index (κ1) is 14.5. The zero-order valence-corrected chi connectivity index (χ0v) is 12.4. The number of carbonyl (C=O) groups is 1. The Labute approximate surface area is 120 Å². The van der Waals surface area contributed by atoms with Gasteiger partial charge >= 0.3 is 5.97 Å². The summed E-state index contributed by atoms with van der Waals surface area (Å²) in [5, 5.41) is 3.21. The van der Waals surface area contributed by atoms with Crippen molar-refractivity contribution in [1.29, 1.82) is 0 Å². The highest BCUT2D eigenvalue weighted by Gasteiger charge is 2.41. The molecular formula is C14H17BrFNO2. The lowest BCUT2D eigenvalue weighted by Crippen LogP contribution is -2.47. The second kappa shape index (κ2) is 6.01. The number of esters is 1. The normalized spacial score (nSPS) is 23.1. The smallest absolute Gasteiger partial charge is 0.313 e. The van der Waals surface area contributed by atoms with E-state index in [1.807, 2.05) is 0 Å². The van der Waals surface area contributed by atoms with Crippen molar-refractivity contribution in [3.05, 3.63) is 34.1 Å². The molecule has 3 nitrogen and oxygen atoms in total. The topological polar surface area (TPSA) is 38.3 Å². The number of piperidine rings is 1. The van der Waals surface area contributed by atoms with Crippen LogP contribution in [-0.2, 0) is 16.0 Å². The third-order valence-corrected chi connectivity index (χ3v) is 4.13. The maximum atomic E-state index is 13.9. The number of carbonyl (C=O) groups excluding carboxylic acids is 1. The maximum absolute atomic E-state index is 13.9. The van der Waals surface area contributed by atoms with Crippen LogP contribution in [0.3, 0.4) is 0 Å². The molecule has 19 heavy (non-hydrogen) atoms. The third kappa shape index (κ3) is 3.15. The Morgan fingerprint density at radius 3 is 2.95 bits per heavy atom. The van der Waals surface area contributed by atoms with Crippen LogP contribution in [0.5, 0.6) is 0 Å². The largest absolute Gasteiger partial charge is 0.469 e. The molecular weight excluding hydrogens is 313 g/mol. The average molecular weight is 330 g/mol. The summed E-state index contributed by atoms with van der Waals surface area (Å²) in [6.45, 7) is 1.43. The Kier molecular flexibility index (Phi) is 4.58. The molecule has 1 heterocycles. The Morgan fingerprint density at radius 2 is 2.37 bits per heavy atom. The summed E-state index contributed by atoms with van der Waals surface area (Å²) >= 11 is 3.23. The Balaban J connectivity index is 2.27. The van der Waals surface area contributed by atoms with Crippen LogP contribution in [0.4, 0.5) is 4.39 Å². The van der Waals surface area contributed by atoms with Crippen LogP contribution in [0.1, 0.15) is 18.4 Å². The SMILES string of the molecule is COC(=O)C1(Cc2ccc(Br)cc2F)CCCNC1. The lowest BCUT2D eigenvalue weighted by Gasteiger charge is -2.35. The van der Waals surface area contributed by atoms with E-state index in [2.05, 4.69) is 21.2 Å². The van der Waals surface area contributed by atoms with E-state index >= 15 is 0 Å². The van der Waals surface area contributed by atoms with Gasteiger partial charge in [0.25, 0.3) is 0 Å². The van der Waals surface area contributed by atoms with Crippen LogP contribution in [0.25, 0.3) is 0 Å². The van der Waals surface area contributed by atoms with Crippen molar-refractivity contribution in [1.82, 2.24) is 5.32 Å². The van der Waals surface area contributed by atoms with Crippen LogP contribution in [-0.4, -0.2) is 26.2 Å². The average Bonchev–Trinajstić information content (AvgIpc) is 2.42. The van der Waals surface area contributed by atoms with E-state index in [0.29, 0.717) is 23.0 Å². The van der Waals surface area contributed by atoms with E-state index in [-0.39, 0.29) is 11.8 Å². The van der Waals surface area contributed by atoms with E-state index in [1.165, 1.54) is 13.2 Å². The van der Waals surface area contributed by atoms with Crippen LogP contribution >= 0.6 is 15.9 Å². The van der Waals surface area contributed by atoms with Crippen molar-refractivity contribution < 1.29 is 13.9 Å². The van der Waals surface area contributed by atoms with E-state index in [9.17, 15) is 9.18 Å². The number of nitrogens with one attached hydrogen (secondary N) is 1. The summed E-state index contributed by atoms with van der Waals surface area (Å²) < 4.78 is 19.6. The molecule has 1 aliphatic rings. The first-order valence-electron chi connectivity index (χ1n) is 6.30. The monoisotopic (exact) mass is 329 g/mol. The van der Waals surface area contributed by atoms with Gasteiger partial charge in [0.1, 0.15) is 5.82 Å². The summed E-state index contributed by atoms with van der Waals surface area (Å²) in [6, 6.07) is 4.94. The lowest BCUT2D eigenvalue weighted by atomic mass is 9.75. The van der Waals surface area contributed by atoms with E-state index in [1.54, 1.807) is 12.1 Å². The molecule has 1 unspecified atom stereocenters. The van der Waals surface area contributed by atoms with E-state index in [0.717, 1.165) is 19.4 Å². The predicted molar refractivity (Wildman–Crippen MR) is 74.4 cm³/mol. The van der Waals surface area contributed by atoms with Gasteiger partial charge in [-0.3, -0.25) is 4.79 Å². The minimum absolute atomic E-state index is 0.262. The molecule has 104 valence electrons. The second-order valence-corrected chi connectivity index (χ2v) is 5.88. The maximum Gasteiger partial charge on any atom is 0.313 e. The molecule has 5 heteroatoms. The minimum atomic E-state index is -0.651. The highest BCUT2D eigenvalue weighted by atomic mass is 79.9. The van der Waals surface area contributed by atoms with Gasteiger partial charge in [-0.1, -0.05) is 22.0 Å². The predicted octanol–water partition coefficient (Wildman–Crippen LogP) is 2.67. The minimum Gasteiger partial charge on any atom is -0.469 e. The van der Waals surface area contributed by atoms with Gasteiger partial charge in [-0.25, -0.2) is 4.39 Å². The van der Waals surface area contributed by atoms with Gasteiger partial charge in [0.05, 0.1) is 12.5 Å². The number of halogens is 2. The van der Waals surface area contributed by atoms with Crippen LogP contribution < -0.4 is 5.32 Å². The first-order chi connectivity index (χ1) is 9.07. The van der Waals surface area contributed by atoms with E-state index in [4.69, 9.17) is 4.74 Å². The molecule has 0 radical (unpaired) electrons. The van der Waals surface area contributed by atoms with Gasteiger partial charge in [0.15, 0.2) is 0 Å². The van der Waals surface area contributed by atoms with Crippen molar-refractivity contribution in [2.45, 2.75) is 19.3 Å². The summed E-state index contributed by atoms with van der Waals surface area (Å²) in [6.07, 6.45) is 1.99. The number of hydrogen-bond donors (Lipinski definition) is 1. The number of ether oxygens (including phenoxy) is 1. The first-order valence-corrected chi connectivity index (χ1v) is 7.10. The van der Waals surface area contributed by atoms with Gasteiger partial charge in [-0.2, -0.15) is 0 Å². The van der Waals surface area contributed by atoms with Crippen molar-refractivity contribution in [3.63, 3.8) is 0 Å². The van der Waals surface area contributed by atoms with Gasteiger partial charge < -0.3 is 10.1 Å². The quantitative estimate of drug-likeness (QED) is 0.866. The van der Waals surface area contributed by atoms with Gasteiger partial charge in [-0.15, -0.1) is 0 Å². The summed E-state index contributed by atoms with van der Waals surface area (Å²) in [7, 11) is 1.39. The molecule has 1 aromatic rings. The zero-order chi connectivity index (χ0) is 13.9. The standard InChI is InChI=1S/C14H17BrFNO2/c1-19-13(18)14(5-2-6-17-9-14)8-10-3-4-11(15)7-12(10)16/h3-4,7,17H,2,5-6,8-9H2,1H3. The molecule has 0 aliphatic carbocycles. The zero-order valence-electron chi connectivity index (χ0n) is 10.8. The van der Waals surface area contributed by atoms with Crippen molar-refractivity contribution in [3.8, 4) is 0 Å². The molecule has 1 atom stereocenters. The van der Waals surface area contributed by atoms with Crippen LogP contribution in [0.2, 0.25) is 0 Å². The summed E-state index contributed by atoms with van der Waals surface area (Å²) in [5.41, 5.74) is -0.0981. The fraction of sp³-hybridized carbons (Fsp3) is 0.500. The molecule has 1 aliphatic heterocycles. The molecule has 0 spiro atoms. The number of rotatable bonds is 3. The summed E-state index contributed by atoms with van der Waals surface area (Å²) in [5.74, 6) is -0.551. The van der Waals surface area contributed by atoms with Gasteiger partial charge in [0.2, 0.25) is 0 Å². The highest BCUT2D eigenvalue weighted by molar-refractivity contribution is 9.10. The molecule has 2 rings (SSSR count). The molecule has 0 bridgehead atoms. The Morgan fingerprint density at radius 1 is 1.58 bits per heavy atom. The molecule has 0 aromatic heterocycles. The molecule has 1 saturated heterocycles. The van der Waals surface area contributed by atoms with Crippen molar-refractivity contribution >= 4 is 21.9 Å². The molecule has 1 fully saturated rings. The van der Waals surface area contributed by atoms with Crippen molar-refractivity contribution in [2.24, 2.45) is 5.41 Å². The van der Waals surface area contributed by atoms with Crippen molar-refractivity contribution in [2.75, 3.05) is 20.2 Å². The van der Waals surface area contributed by atoms with Crippen LogP contribution in [0.15, 0.2) is 22.7 Å². The fourth-order valence-corrected chi connectivity index (χ4v) is 2.94.